The summed E-state index contributed by atoms with van der Waals surface area (Å²) in [5.74, 6) is -1.30. The summed E-state index contributed by atoms with van der Waals surface area (Å²) >= 11 is 0. The summed E-state index contributed by atoms with van der Waals surface area (Å²) in [6, 6.07) is 0. The van der Waals surface area contributed by atoms with Gasteiger partial charge >= 0.3 is 0 Å². The number of unbranched alkanes of at least 4 members (excludes halogenated alkanes) is 4. The van der Waals surface area contributed by atoms with Gasteiger partial charge in [0.1, 0.15) is 0 Å². The van der Waals surface area contributed by atoms with E-state index in [0.717, 1.165) is 51.4 Å². The van der Waals surface area contributed by atoms with Crippen LogP contribution < -0.4 is 0 Å². The van der Waals surface area contributed by atoms with Gasteiger partial charge in [-0.25, -0.2) is 0 Å². The number of rotatable bonds is 14. The Kier molecular flexibility index (Phi) is 19.2. The van der Waals surface area contributed by atoms with E-state index in [1.807, 2.05) is 6.92 Å². The molecule has 0 radical (unpaired) electrons. The Morgan fingerprint density at radius 3 is 1.79 bits per heavy atom. The Bertz CT molecular complexity index is 244. The van der Waals surface area contributed by atoms with Crippen LogP contribution in [0.1, 0.15) is 105 Å². The zero-order chi connectivity index (χ0) is 18.8. The molecule has 0 saturated carbocycles. The van der Waals surface area contributed by atoms with Crippen molar-refractivity contribution in [2.45, 2.75) is 117 Å². The first-order valence-corrected chi connectivity index (χ1v) is 10.1. The molecule has 24 heavy (non-hydrogen) atoms. The minimum atomic E-state index is -1.40. The average molecular weight is 349 g/mol. The number of hydrogen-bond donors (Lipinski definition) is 4. The predicted molar refractivity (Wildman–Crippen MR) is 102 cm³/mol. The molecule has 0 aliphatic heterocycles. The normalized spacial score (nSPS) is 14.0. The zero-order valence-electron chi connectivity index (χ0n) is 16.6. The van der Waals surface area contributed by atoms with Crippen molar-refractivity contribution in [1.29, 1.82) is 0 Å². The van der Waals surface area contributed by atoms with Gasteiger partial charge in [-0.1, -0.05) is 72.6 Å². The van der Waals surface area contributed by atoms with Crippen molar-refractivity contribution in [3.8, 4) is 0 Å². The minimum Gasteiger partial charge on any atom is -0.396 e. The fraction of sp³-hybridized carbons (Fsp3) is 1.00. The molecule has 0 aliphatic rings. The standard InChI is InChI=1S/2C10H22O2/c1-3-5-6-7-9-10(11,12)8-4-2;1-3-5-7-10(12)9(8-11)6-4-2/h11-12H,3-9H2,1-2H3;9-12H,3-8H2,1-2H3. The Labute approximate surface area is 150 Å². The van der Waals surface area contributed by atoms with Crippen LogP contribution in [-0.2, 0) is 0 Å². The molecule has 0 aromatic carbocycles. The fourth-order valence-electron chi connectivity index (χ4n) is 2.79. The Morgan fingerprint density at radius 1 is 0.708 bits per heavy atom. The molecule has 0 aliphatic carbocycles. The van der Waals surface area contributed by atoms with Crippen LogP contribution in [0.3, 0.4) is 0 Å². The third kappa shape index (κ3) is 16.7. The third-order valence-corrected chi connectivity index (χ3v) is 4.37. The maximum absolute atomic E-state index is 9.61. The maximum Gasteiger partial charge on any atom is 0.162 e. The highest BCUT2D eigenvalue weighted by atomic mass is 16.5. The van der Waals surface area contributed by atoms with Gasteiger partial charge < -0.3 is 20.4 Å². The Morgan fingerprint density at radius 2 is 1.33 bits per heavy atom. The van der Waals surface area contributed by atoms with Crippen molar-refractivity contribution in [2.24, 2.45) is 5.92 Å². The summed E-state index contributed by atoms with van der Waals surface area (Å²) in [7, 11) is 0. The van der Waals surface area contributed by atoms with E-state index in [1.165, 1.54) is 12.8 Å². The molecule has 0 saturated heterocycles. The zero-order valence-corrected chi connectivity index (χ0v) is 16.6. The third-order valence-electron chi connectivity index (χ3n) is 4.37. The monoisotopic (exact) mass is 348 g/mol. The molecular weight excluding hydrogens is 304 g/mol. The van der Waals surface area contributed by atoms with Crippen molar-refractivity contribution in [3.05, 3.63) is 0 Å². The van der Waals surface area contributed by atoms with E-state index >= 15 is 0 Å². The van der Waals surface area contributed by atoms with Gasteiger partial charge in [-0.05, 0) is 19.3 Å². The maximum atomic E-state index is 9.61. The first-order chi connectivity index (χ1) is 11.4. The van der Waals surface area contributed by atoms with Crippen LogP contribution in [0, 0.1) is 5.92 Å². The second-order valence-corrected chi connectivity index (χ2v) is 6.98. The van der Waals surface area contributed by atoms with Crippen molar-refractivity contribution < 1.29 is 20.4 Å². The van der Waals surface area contributed by atoms with E-state index in [2.05, 4.69) is 20.8 Å². The molecule has 0 spiro atoms. The van der Waals surface area contributed by atoms with Crippen LogP contribution in [0.4, 0.5) is 0 Å². The smallest absolute Gasteiger partial charge is 0.162 e. The highest BCUT2D eigenvalue weighted by Gasteiger charge is 2.20. The minimum absolute atomic E-state index is 0.0987. The fourth-order valence-corrected chi connectivity index (χ4v) is 2.79. The lowest BCUT2D eigenvalue weighted by Gasteiger charge is -2.20. The van der Waals surface area contributed by atoms with E-state index in [4.69, 9.17) is 5.11 Å². The molecule has 0 fully saturated rings. The second kappa shape index (κ2) is 17.7. The summed E-state index contributed by atoms with van der Waals surface area (Å²) in [4.78, 5) is 0. The van der Waals surface area contributed by atoms with Crippen molar-refractivity contribution in [2.75, 3.05) is 6.61 Å². The molecule has 0 aromatic rings. The van der Waals surface area contributed by atoms with Crippen LogP contribution in [0.25, 0.3) is 0 Å². The lowest BCUT2D eigenvalue weighted by Crippen LogP contribution is -2.27. The molecule has 0 bridgehead atoms. The molecule has 0 rings (SSSR count). The number of hydrogen-bond acceptors (Lipinski definition) is 4. The summed E-state index contributed by atoms with van der Waals surface area (Å²) in [5.41, 5.74) is 0. The predicted octanol–water partition coefficient (Wildman–Crippen LogP) is 4.38. The van der Waals surface area contributed by atoms with Crippen LogP contribution in [0.2, 0.25) is 0 Å². The van der Waals surface area contributed by atoms with Gasteiger partial charge in [-0.15, -0.1) is 0 Å². The topological polar surface area (TPSA) is 80.9 Å². The van der Waals surface area contributed by atoms with E-state index in [1.54, 1.807) is 0 Å². The summed E-state index contributed by atoms with van der Waals surface area (Å²) in [5, 5.41) is 37.3. The molecule has 4 heteroatoms. The lowest BCUT2D eigenvalue weighted by molar-refractivity contribution is -0.171. The van der Waals surface area contributed by atoms with Crippen LogP contribution in [0.15, 0.2) is 0 Å². The van der Waals surface area contributed by atoms with Crippen molar-refractivity contribution in [1.82, 2.24) is 0 Å². The molecule has 4 N–H and O–H groups in total. The molecule has 0 aromatic heterocycles. The molecule has 4 nitrogen and oxygen atoms in total. The summed E-state index contributed by atoms with van der Waals surface area (Å²) in [6.07, 6.45) is 11.0. The van der Waals surface area contributed by atoms with E-state index in [0.29, 0.717) is 12.8 Å². The van der Waals surface area contributed by atoms with Gasteiger partial charge in [0.05, 0.1) is 6.10 Å². The van der Waals surface area contributed by atoms with Crippen molar-refractivity contribution in [3.63, 3.8) is 0 Å². The first kappa shape index (κ1) is 26.1. The highest BCUT2D eigenvalue weighted by molar-refractivity contribution is 4.67. The summed E-state index contributed by atoms with van der Waals surface area (Å²) in [6.45, 7) is 8.43. The molecule has 2 atom stereocenters. The number of aliphatic hydroxyl groups is 4. The van der Waals surface area contributed by atoms with Crippen molar-refractivity contribution >= 4 is 0 Å². The van der Waals surface area contributed by atoms with Crippen LogP contribution in [0.5, 0.6) is 0 Å². The summed E-state index contributed by atoms with van der Waals surface area (Å²) < 4.78 is 0. The second-order valence-electron chi connectivity index (χ2n) is 6.98. The molecule has 0 heterocycles. The quantitative estimate of drug-likeness (QED) is 0.277. The first-order valence-electron chi connectivity index (χ1n) is 10.1. The average Bonchev–Trinajstić information content (AvgIpc) is 2.55. The van der Waals surface area contributed by atoms with E-state index in [-0.39, 0.29) is 18.6 Å². The van der Waals surface area contributed by atoms with Gasteiger partial charge in [0.2, 0.25) is 0 Å². The number of aliphatic hydroxyl groups excluding tert-OH is 2. The lowest BCUT2D eigenvalue weighted by atomic mass is 9.94. The van der Waals surface area contributed by atoms with Gasteiger partial charge in [0.15, 0.2) is 5.79 Å². The SMILES string of the molecule is CCCCC(O)C(CO)CCC.CCCCCCC(O)(O)CCC. The molecule has 2 unspecified atom stereocenters. The largest absolute Gasteiger partial charge is 0.396 e. The van der Waals surface area contributed by atoms with E-state index in [9.17, 15) is 15.3 Å². The Balaban J connectivity index is 0. The molecular formula is C20H44O4. The van der Waals surface area contributed by atoms with Crippen LogP contribution >= 0.6 is 0 Å². The van der Waals surface area contributed by atoms with Gasteiger partial charge in [0.25, 0.3) is 0 Å². The van der Waals surface area contributed by atoms with Crippen LogP contribution in [-0.4, -0.2) is 38.9 Å². The van der Waals surface area contributed by atoms with E-state index < -0.39 is 5.79 Å². The van der Waals surface area contributed by atoms with Gasteiger partial charge in [0, 0.05) is 25.4 Å². The molecule has 0 amide bonds. The van der Waals surface area contributed by atoms with Gasteiger partial charge in [-0.2, -0.15) is 0 Å². The highest BCUT2D eigenvalue weighted by Crippen LogP contribution is 2.17. The van der Waals surface area contributed by atoms with Gasteiger partial charge in [-0.3, -0.25) is 0 Å². The molecule has 148 valence electrons. The Hall–Kier alpha value is -0.160.